The quantitative estimate of drug-likeness (QED) is 0.795. The summed E-state index contributed by atoms with van der Waals surface area (Å²) in [5, 5.41) is 6.71. The molecule has 1 heterocycles. The van der Waals surface area contributed by atoms with E-state index in [-0.39, 0.29) is 0 Å². The summed E-state index contributed by atoms with van der Waals surface area (Å²) in [4.78, 5) is 6.95. The Bertz CT molecular complexity index is 339. The summed E-state index contributed by atoms with van der Waals surface area (Å²) >= 11 is 3.62. The van der Waals surface area contributed by atoms with E-state index in [4.69, 9.17) is 0 Å². The summed E-state index contributed by atoms with van der Waals surface area (Å²) in [5.74, 6) is 1.82. The summed E-state index contributed by atoms with van der Waals surface area (Å²) < 4.78 is 0. The van der Waals surface area contributed by atoms with Crippen LogP contribution in [0.5, 0.6) is 0 Å². The molecular weight excluding hydrogens is 262 g/mol. The lowest BCUT2D eigenvalue weighted by Crippen LogP contribution is -2.30. The average Bonchev–Trinajstić information content (AvgIpc) is 2.76. The maximum absolute atomic E-state index is 4.68. The Morgan fingerprint density at radius 2 is 2.17 bits per heavy atom. The van der Waals surface area contributed by atoms with Crippen molar-refractivity contribution in [3.05, 3.63) is 11.1 Å². The van der Waals surface area contributed by atoms with Gasteiger partial charge in [0.05, 0.1) is 5.69 Å². The van der Waals surface area contributed by atoms with Crippen LogP contribution in [0.25, 0.3) is 0 Å². The number of hydrogen-bond acceptors (Lipinski definition) is 5. The first-order valence-electron chi connectivity index (χ1n) is 6.41. The standard InChI is InChI=1S/C13H25N3S2/c1-10(2)6-14-7-12-9-18-13(15-12)16(4)11(3)8-17-5/h9-11,14H,6-8H2,1-5H3. The van der Waals surface area contributed by atoms with Gasteiger partial charge in [0, 0.05) is 30.8 Å². The molecule has 0 saturated carbocycles. The number of nitrogens with zero attached hydrogens (tertiary/aromatic N) is 2. The molecule has 104 valence electrons. The monoisotopic (exact) mass is 287 g/mol. The predicted molar refractivity (Wildman–Crippen MR) is 84.9 cm³/mol. The topological polar surface area (TPSA) is 28.2 Å². The van der Waals surface area contributed by atoms with Crippen molar-refractivity contribution >= 4 is 28.2 Å². The molecule has 0 aromatic carbocycles. The Hall–Kier alpha value is -0.260. The van der Waals surface area contributed by atoms with Crippen molar-refractivity contribution in [2.45, 2.75) is 33.4 Å². The van der Waals surface area contributed by atoms with Crippen LogP contribution in [0.1, 0.15) is 26.5 Å². The van der Waals surface area contributed by atoms with Crippen LogP contribution in [0.4, 0.5) is 5.13 Å². The molecule has 0 aliphatic rings. The fourth-order valence-corrected chi connectivity index (χ4v) is 3.17. The second kappa shape index (κ2) is 8.02. The van der Waals surface area contributed by atoms with E-state index in [0.29, 0.717) is 12.0 Å². The molecule has 0 radical (unpaired) electrons. The van der Waals surface area contributed by atoms with Crippen molar-refractivity contribution in [2.24, 2.45) is 5.92 Å². The number of aromatic nitrogens is 1. The predicted octanol–water partition coefficient (Wildman–Crippen LogP) is 3.08. The number of rotatable bonds is 8. The van der Waals surface area contributed by atoms with E-state index in [1.165, 1.54) is 0 Å². The highest BCUT2D eigenvalue weighted by Crippen LogP contribution is 2.22. The van der Waals surface area contributed by atoms with Gasteiger partial charge in [-0.15, -0.1) is 11.3 Å². The molecule has 1 unspecified atom stereocenters. The van der Waals surface area contributed by atoms with Gasteiger partial charge in [-0.05, 0) is 25.6 Å². The first-order chi connectivity index (χ1) is 8.54. The van der Waals surface area contributed by atoms with Gasteiger partial charge < -0.3 is 10.2 Å². The van der Waals surface area contributed by atoms with Crippen molar-refractivity contribution in [3.63, 3.8) is 0 Å². The molecule has 0 saturated heterocycles. The van der Waals surface area contributed by atoms with E-state index < -0.39 is 0 Å². The van der Waals surface area contributed by atoms with Crippen LogP contribution in [0.2, 0.25) is 0 Å². The number of nitrogens with one attached hydrogen (secondary N) is 1. The highest BCUT2D eigenvalue weighted by molar-refractivity contribution is 7.98. The van der Waals surface area contributed by atoms with Crippen LogP contribution in [0.3, 0.4) is 0 Å². The van der Waals surface area contributed by atoms with Gasteiger partial charge in [0.15, 0.2) is 5.13 Å². The summed E-state index contributed by atoms with van der Waals surface area (Å²) in [6, 6.07) is 0.530. The minimum atomic E-state index is 0.530. The maximum atomic E-state index is 4.68. The summed E-state index contributed by atoms with van der Waals surface area (Å²) in [7, 11) is 2.13. The van der Waals surface area contributed by atoms with Crippen LogP contribution in [-0.4, -0.2) is 36.6 Å². The Balaban J connectivity index is 2.46. The summed E-state index contributed by atoms with van der Waals surface area (Å²) in [6.45, 7) is 8.61. The molecule has 0 fully saturated rings. The van der Waals surface area contributed by atoms with Crippen LogP contribution in [0.15, 0.2) is 5.38 Å². The number of hydrogen-bond donors (Lipinski definition) is 1. The van der Waals surface area contributed by atoms with E-state index in [1.807, 2.05) is 11.8 Å². The van der Waals surface area contributed by atoms with Gasteiger partial charge in [0.2, 0.25) is 0 Å². The van der Waals surface area contributed by atoms with Crippen LogP contribution in [0, 0.1) is 5.92 Å². The van der Waals surface area contributed by atoms with Gasteiger partial charge >= 0.3 is 0 Å². The van der Waals surface area contributed by atoms with Crippen molar-refractivity contribution < 1.29 is 0 Å². The SMILES string of the molecule is CSCC(C)N(C)c1nc(CNCC(C)C)cs1. The fraction of sp³-hybridized carbons (Fsp3) is 0.769. The zero-order valence-electron chi connectivity index (χ0n) is 12.1. The zero-order chi connectivity index (χ0) is 13.5. The van der Waals surface area contributed by atoms with E-state index >= 15 is 0 Å². The molecule has 5 heteroatoms. The number of thiazole rings is 1. The molecule has 1 N–H and O–H groups in total. The third-order valence-corrected chi connectivity index (χ3v) is 4.56. The van der Waals surface area contributed by atoms with E-state index in [1.54, 1.807) is 11.3 Å². The largest absolute Gasteiger partial charge is 0.348 e. The van der Waals surface area contributed by atoms with E-state index in [9.17, 15) is 0 Å². The lowest BCUT2D eigenvalue weighted by molar-refractivity contribution is 0.549. The third kappa shape index (κ3) is 5.16. The molecule has 0 aliphatic heterocycles. The highest BCUT2D eigenvalue weighted by Gasteiger charge is 2.12. The minimum Gasteiger partial charge on any atom is -0.348 e. The normalized spacial score (nSPS) is 13.0. The molecule has 0 amide bonds. The highest BCUT2D eigenvalue weighted by atomic mass is 32.2. The Kier molecular flexibility index (Phi) is 7.04. The summed E-state index contributed by atoms with van der Waals surface area (Å²) in [5.41, 5.74) is 1.15. The molecule has 0 aliphatic carbocycles. The molecule has 1 aromatic heterocycles. The Morgan fingerprint density at radius 3 is 2.78 bits per heavy atom. The second-order valence-corrected chi connectivity index (χ2v) is 6.81. The van der Waals surface area contributed by atoms with Gasteiger partial charge in [-0.2, -0.15) is 11.8 Å². The zero-order valence-corrected chi connectivity index (χ0v) is 13.7. The van der Waals surface area contributed by atoms with Gasteiger partial charge in [-0.25, -0.2) is 4.98 Å². The lowest BCUT2D eigenvalue weighted by Gasteiger charge is -2.23. The van der Waals surface area contributed by atoms with E-state index in [0.717, 1.165) is 29.7 Å². The third-order valence-electron chi connectivity index (χ3n) is 2.77. The first-order valence-corrected chi connectivity index (χ1v) is 8.68. The van der Waals surface area contributed by atoms with Gasteiger partial charge in [-0.3, -0.25) is 0 Å². The van der Waals surface area contributed by atoms with Gasteiger partial charge in [-0.1, -0.05) is 13.8 Å². The van der Waals surface area contributed by atoms with Crippen molar-refractivity contribution in [3.8, 4) is 0 Å². The first kappa shape index (κ1) is 15.8. The van der Waals surface area contributed by atoms with Crippen LogP contribution >= 0.6 is 23.1 Å². The Labute approximate surface area is 119 Å². The second-order valence-electron chi connectivity index (χ2n) is 5.06. The fourth-order valence-electron chi connectivity index (χ4n) is 1.57. The molecule has 18 heavy (non-hydrogen) atoms. The molecule has 0 bridgehead atoms. The molecular formula is C13H25N3S2. The van der Waals surface area contributed by atoms with Crippen molar-refractivity contribution in [1.29, 1.82) is 0 Å². The van der Waals surface area contributed by atoms with Gasteiger partial charge in [0.25, 0.3) is 0 Å². The lowest BCUT2D eigenvalue weighted by atomic mass is 10.2. The van der Waals surface area contributed by atoms with E-state index in [2.05, 4.69) is 54.7 Å². The van der Waals surface area contributed by atoms with Gasteiger partial charge in [0.1, 0.15) is 0 Å². The molecule has 1 rings (SSSR count). The molecule has 1 aromatic rings. The molecule has 3 nitrogen and oxygen atoms in total. The number of thioether (sulfide) groups is 1. The van der Waals surface area contributed by atoms with Crippen molar-refractivity contribution in [1.82, 2.24) is 10.3 Å². The minimum absolute atomic E-state index is 0.530. The molecule has 1 atom stereocenters. The smallest absolute Gasteiger partial charge is 0.185 e. The van der Waals surface area contributed by atoms with Crippen molar-refractivity contribution in [2.75, 3.05) is 30.5 Å². The maximum Gasteiger partial charge on any atom is 0.185 e. The van der Waals surface area contributed by atoms with Crippen LogP contribution < -0.4 is 10.2 Å². The van der Waals surface area contributed by atoms with Crippen LogP contribution in [-0.2, 0) is 6.54 Å². The average molecular weight is 287 g/mol. The molecule has 0 spiro atoms. The Morgan fingerprint density at radius 1 is 1.44 bits per heavy atom. The summed E-state index contributed by atoms with van der Waals surface area (Å²) in [6.07, 6.45) is 2.15. The number of anilines is 1.